The van der Waals surface area contributed by atoms with Crippen LogP contribution in [-0.2, 0) is 9.59 Å². The van der Waals surface area contributed by atoms with Crippen LogP contribution in [-0.4, -0.2) is 16.7 Å². The Labute approximate surface area is 150 Å². The topological polar surface area (TPSA) is 111 Å². The van der Waals surface area contributed by atoms with Crippen LogP contribution in [0, 0.1) is 17.0 Å². The molecule has 0 aliphatic rings. The lowest BCUT2D eigenvalue weighted by molar-refractivity contribution is -0.384. The van der Waals surface area contributed by atoms with Gasteiger partial charge in [0.05, 0.1) is 4.92 Å². The number of nitrogens with zero attached hydrogens (tertiary/aromatic N) is 1. The van der Waals surface area contributed by atoms with Crippen molar-refractivity contribution in [1.29, 1.82) is 0 Å². The van der Waals surface area contributed by atoms with Gasteiger partial charge in [-0.05, 0) is 36.8 Å². The van der Waals surface area contributed by atoms with Crippen LogP contribution < -0.4 is 15.4 Å². The van der Waals surface area contributed by atoms with Gasteiger partial charge in [0.15, 0.2) is 0 Å². The summed E-state index contributed by atoms with van der Waals surface area (Å²) in [4.78, 5) is 33.3. The fourth-order valence-electron chi connectivity index (χ4n) is 2.21. The number of ether oxygens (including phenoxy) is 1. The second kappa shape index (κ2) is 8.11. The Morgan fingerprint density at radius 1 is 1.15 bits per heavy atom. The van der Waals surface area contributed by atoms with Crippen LogP contribution >= 0.6 is 0 Å². The average Bonchev–Trinajstić information content (AvgIpc) is 2.58. The zero-order valence-corrected chi connectivity index (χ0v) is 14.7. The van der Waals surface area contributed by atoms with Crippen molar-refractivity contribution in [2.45, 2.75) is 27.2 Å². The van der Waals surface area contributed by atoms with E-state index in [9.17, 15) is 19.7 Å². The zero-order valence-electron chi connectivity index (χ0n) is 14.7. The van der Waals surface area contributed by atoms with Crippen molar-refractivity contribution in [3.05, 3.63) is 52.1 Å². The number of hydrogen-bond donors (Lipinski definition) is 2. The molecule has 2 amide bonds. The Balaban J connectivity index is 2.30. The summed E-state index contributed by atoms with van der Waals surface area (Å²) in [6.45, 7) is 4.75. The smallest absolute Gasteiger partial charge is 0.293 e. The number of nitrogens with one attached hydrogen (secondary N) is 2. The number of carbonyl (C=O) groups is 2. The summed E-state index contributed by atoms with van der Waals surface area (Å²) in [6, 6.07) is 9.47. The van der Waals surface area contributed by atoms with Gasteiger partial charge in [-0.15, -0.1) is 0 Å². The van der Waals surface area contributed by atoms with Gasteiger partial charge in [0.1, 0.15) is 17.2 Å². The van der Waals surface area contributed by atoms with E-state index in [1.807, 2.05) is 0 Å². The maximum Gasteiger partial charge on any atom is 0.293 e. The second-order valence-electron chi connectivity index (χ2n) is 5.60. The molecule has 2 aromatic rings. The summed E-state index contributed by atoms with van der Waals surface area (Å²) in [6.07, 6.45) is 0.200. The third-order valence-corrected chi connectivity index (χ3v) is 3.49. The highest BCUT2D eigenvalue weighted by Gasteiger charge is 2.19. The molecule has 0 saturated carbocycles. The molecule has 0 spiro atoms. The van der Waals surface area contributed by atoms with Gasteiger partial charge >= 0.3 is 0 Å². The molecule has 2 rings (SSSR count). The average molecular weight is 357 g/mol. The standard InChI is InChI=1S/C18H19N3O5/c1-4-18(23)20-15-10-17(11(2)9-16(15)21(24)25)26-14-7-5-13(6-8-14)19-12(3)22/h5-10H,4H2,1-3H3,(H,19,22)(H,20,23). The molecule has 0 aliphatic carbocycles. The summed E-state index contributed by atoms with van der Waals surface area (Å²) in [5.74, 6) is 0.363. The van der Waals surface area contributed by atoms with Gasteiger partial charge in [-0.2, -0.15) is 0 Å². The molecule has 2 aromatic carbocycles. The third kappa shape index (κ3) is 4.79. The lowest BCUT2D eigenvalue weighted by atomic mass is 10.1. The van der Waals surface area contributed by atoms with E-state index in [2.05, 4.69) is 10.6 Å². The molecule has 8 heteroatoms. The Bertz CT molecular complexity index is 847. The Kier molecular flexibility index (Phi) is 5.90. The number of rotatable bonds is 6. The molecule has 0 radical (unpaired) electrons. The Morgan fingerprint density at radius 2 is 1.81 bits per heavy atom. The lowest BCUT2D eigenvalue weighted by Crippen LogP contribution is -2.11. The Hall–Kier alpha value is -3.42. The molecule has 136 valence electrons. The van der Waals surface area contributed by atoms with Crippen LogP contribution in [0.4, 0.5) is 17.1 Å². The monoisotopic (exact) mass is 357 g/mol. The van der Waals surface area contributed by atoms with Crippen molar-refractivity contribution < 1.29 is 19.2 Å². The van der Waals surface area contributed by atoms with Crippen LogP contribution in [0.25, 0.3) is 0 Å². The third-order valence-electron chi connectivity index (χ3n) is 3.49. The molecule has 0 aromatic heterocycles. The minimum absolute atomic E-state index is 0.0808. The van der Waals surface area contributed by atoms with E-state index in [4.69, 9.17) is 4.74 Å². The van der Waals surface area contributed by atoms with Crippen LogP contribution in [0.1, 0.15) is 25.8 Å². The number of aryl methyl sites for hydroxylation is 1. The van der Waals surface area contributed by atoms with Crippen LogP contribution in [0.5, 0.6) is 11.5 Å². The fourth-order valence-corrected chi connectivity index (χ4v) is 2.21. The first-order valence-electron chi connectivity index (χ1n) is 7.94. The summed E-state index contributed by atoms with van der Waals surface area (Å²) in [5.41, 5.74) is 1.06. The maximum atomic E-state index is 11.6. The van der Waals surface area contributed by atoms with Gasteiger partial charge < -0.3 is 15.4 Å². The zero-order chi connectivity index (χ0) is 19.3. The van der Waals surface area contributed by atoms with Gasteiger partial charge in [0.25, 0.3) is 5.69 Å². The lowest BCUT2D eigenvalue weighted by Gasteiger charge is -2.12. The van der Waals surface area contributed by atoms with E-state index in [0.29, 0.717) is 22.7 Å². The number of nitro groups is 1. The largest absolute Gasteiger partial charge is 0.457 e. The SMILES string of the molecule is CCC(=O)Nc1cc(Oc2ccc(NC(C)=O)cc2)c(C)cc1[N+](=O)[O-]. The highest BCUT2D eigenvalue weighted by molar-refractivity contribution is 5.93. The number of benzene rings is 2. The van der Waals surface area contributed by atoms with E-state index in [-0.39, 0.29) is 29.6 Å². The maximum absolute atomic E-state index is 11.6. The molecular formula is C18H19N3O5. The molecule has 0 bridgehead atoms. The molecular weight excluding hydrogens is 338 g/mol. The summed E-state index contributed by atoms with van der Waals surface area (Å²) in [5, 5.41) is 16.4. The van der Waals surface area contributed by atoms with Gasteiger partial charge in [-0.3, -0.25) is 19.7 Å². The first-order chi connectivity index (χ1) is 12.3. The van der Waals surface area contributed by atoms with Gasteiger partial charge in [-0.1, -0.05) is 6.92 Å². The highest BCUT2D eigenvalue weighted by Crippen LogP contribution is 2.35. The molecule has 0 fully saturated rings. The number of nitro benzene ring substituents is 1. The van der Waals surface area contributed by atoms with Crippen molar-refractivity contribution in [1.82, 2.24) is 0 Å². The summed E-state index contributed by atoms with van der Waals surface area (Å²) < 4.78 is 5.77. The fraction of sp³-hybridized carbons (Fsp3) is 0.222. The number of amides is 2. The first-order valence-corrected chi connectivity index (χ1v) is 7.94. The predicted molar refractivity (Wildman–Crippen MR) is 97.6 cm³/mol. The van der Waals surface area contributed by atoms with Gasteiger partial charge in [0.2, 0.25) is 11.8 Å². The number of hydrogen-bond acceptors (Lipinski definition) is 5. The minimum atomic E-state index is -0.551. The van der Waals surface area contributed by atoms with Gasteiger partial charge in [-0.25, -0.2) is 0 Å². The van der Waals surface area contributed by atoms with Crippen LogP contribution in [0.2, 0.25) is 0 Å². The van der Waals surface area contributed by atoms with Crippen LogP contribution in [0.3, 0.4) is 0 Å². The summed E-state index contributed by atoms with van der Waals surface area (Å²) in [7, 11) is 0. The van der Waals surface area contributed by atoms with Crippen molar-refractivity contribution >= 4 is 28.9 Å². The predicted octanol–water partition coefficient (Wildman–Crippen LogP) is 4.00. The molecule has 0 heterocycles. The molecule has 26 heavy (non-hydrogen) atoms. The molecule has 8 nitrogen and oxygen atoms in total. The van der Waals surface area contributed by atoms with E-state index in [0.717, 1.165) is 0 Å². The first kappa shape index (κ1) is 18.9. The van der Waals surface area contributed by atoms with Crippen molar-refractivity contribution in [3.8, 4) is 11.5 Å². The molecule has 2 N–H and O–H groups in total. The normalized spacial score (nSPS) is 10.1. The highest BCUT2D eigenvalue weighted by atomic mass is 16.6. The van der Waals surface area contributed by atoms with E-state index < -0.39 is 4.92 Å². The van der Waals surface area contributed by atoms with Crippen LogP contribution in [0.15, 0.2) is 36.4 Å². The Morgan fingerprint density at radius 3 is 2.35 bits per heavy atom. The van der Waals surface area contributed by atoms with Crippen molar-refractivity contribution in [2.24, 2.45) is 0 Å². The molecule has 0 saturated heterocycles. The second-order valence-corrected chi connectivity index (χ2v) is 5.60. The molecule has 0 aliphatic heterocycles. The van der Waals surface area contributed by atoms with E-state index in [1.165, 1.54) is 19.1 Å². The number of anilines is 2. The van der Waals surface area contributed by atoms with Gasteiger partial charge in [0, 0.05) is 31.2 Å². The molecule has 0 unspecified atom stereocenters. The van der Waals surface area contributed by atoms with Crippen molar-refractivity contribution in [3.63, 3.8) is 0 Å². The summed E-state index contributed by atoms with van der Waals surface area (Å²) >= 11 is 0. The van der Waals surface area contributed by atoms with E-state index in [1.54, 1.807) is 38.1 Å². The van der Waals surface area contributed by atoms with E-state index >= 15 is 0 Å². The quantitative estimate of drug-likeness (QED) is 0.599. The molecule has 0 atom stereocenters. The van der Waals surface area contributed by atoms with Crippen molar-refractivity contribution in [2.75, 3.05) is 10.6 Å². The minimum Gasteiger partial charge on any atom is -0.457 e. The number of carbonyl (C=O) groups excluding carboxylic acids is 2.